The summed E-state index contributed by atoms with van der Waals surface area (Å²) in [5, 5.41) is 0. The summed E-state index contributed by atoms with van der Waals surface area (Å²) in [6, 6.07) is 0. The molecular weight excluding hydrogens is 333 g/mol. The van der Waals surface area contributed by atoms with E-state index in [0.717, 1.165) is 0 Å². The third kappa shape index (κ3) is 4.21. The predicted octanol–water partition coefficient (Wildman–Crippen LogP) is 1.84. The van der Waals surface area contributed by atoms with Gasteiger partial charge in [-0.3, -0.25) is 9.36 Å². The lowest BCUT2D eigenvalue weighted by Crippen LogP contribution is -2.15. The summed E-state index contributed by atoms with van der Waals surface area (Å²) >= 11 is 0. The Labute approximate surface area is 129 Å². The largest absolute Gasteiger partial charge is 0.394 e. The average molecular weight is 350 g/mol. The summed E-state index contributed by atoms with van der Waals surface area (Å²) in [6.45, 7) is 0.530. The van der Waals surface area contributed by atoms with Crippen LogP contribution in [0.15, 0.2) is 17.4 Å². The van der Waals surface area contributed by atoms with Gasteiger partial charge in [-0.05, 0) is 12.8 Å². The Morgan fingerprint density at radius 2 is 1.91 bits per heavy atom. The molecule has 2 aromatic heterocycles. The van der Waals surface area contributed by atoms with Gasteiger partial charge in [-0.25, -0.2) is 9.97 Å². The quantitative estimate of drug-likeness (QED) is 0.493. The fourth-order valence-electron chi connectivity index (χ4n) is 2.17. The lowest BCUT2D eigenvalue weighted by molar-refractivity contribution is 0.0476. The van der Waals surface area contributed by atoms with Gasteiger partial charge >= 0.3 is 13.3 Å². The lowest BCUT2D eigenvalue weighted by atomic mass is 10.1. The van der Waals surface area contributed by atoms with Crippen LogP contribution in [0.25, 0.3) is 11.2 Å². The number of H-pyrrole nitrogens is 1. The number of nitrogens with zero attached hydrogens (tertiary/aromatic N) is 3. The van der Waals surface area contributed by atoms with Crippen molar-refractivity contribution in [2.75, 3.05) is 0 Å². The van der Waals surface area contributed by atoms with Gasteiger partial charge in [-0.15, -0.1) is 0 Å². The molecule has 0 atom stereocenters. The molecule has 3 N–H and O–H groups in total. The number of aromatic amines is 1. The van der Waals surface area contributed by atoms with Gasteiger partial charge in [0.15, 0.2) is 11.2 Å². The molecule has 23 heavy (non-hydrogen) atoms. The maximum absolute atomic E-state index is 13.1. The van der Waals surface area contributed by atoms with Gasteiger partial charge in [-0.2, -0.15) is 8.78 Å². The second kappa shape index (κ2) is 6.86. The Kier molecular flexibility index (Phi) is 5.28. The van der Waals surface area contributed by atoms with Crippen LogP contribution in [-0.4, -0.2) is 35.0 Å². The molecule has 0 amide bonds. The molecule has 2 heterocycles. The Morgan fingerprint density at radius 3 is 2.61 bits per heavy atom. The van der Waals surface area contributed by atoms with Gasteiger partial charge in [-0.1, -0.05) is 12.8 Å². The molecule has 8 nitrogen and oxygen atoms in total. The van der Waals surface area contributed by atoms with Crippen LogP contribution < -0.4 is 5.56 Å². The van der Waals surface area contributed by atoms with Crippen molar-refractivity contribution in [2.24, 2.45) is 0 Å². The first-order valence-corrected chi connectivity index (χ1v) is 8.65. The first-order chi connectivity index (χ1) is 10.7. The molecule has 0 radical (unpaired) electrons. The summed E-state index contributed by atoms with van der Waals surface area (Å²) in [4.78, 5) is 38.9. The summed E-state index contributed by atoms with van der Waals surface area (Å²) < 4.78 is 38.4. The number of imidazole rings is 1. The molecule has 0 unspecified atom stereocenters. The number of unbranched alkanes of at least 4 members (excludes halogenated alkanes) is 3. The van der Waals surface area contributed by atoms with Crippen molar-refractivity contribution < 1.29 is 23.1 Å². The number of alkyl halides is 2. The molecule has 0 aliphatic carbocycles. The van der Waals surface area contributed by atoms with E-state index in [1.54, 1.807) is 4.57 Å². The number of fused-ring (bicyclic) bond motifs is 1. The number of aromatic nitrogens is 4. The minimum atomic E-state index is -5.38. The first kappa shape index (κ1) is 17.7. The topological polar surface area (TPSA) is 121 Å². The molecule has 0 fully saturated rings. The number of aryl methyl sites for hydroxylation is 1. The average Bonchev–Trinajstić information content (AvgIpc) is 2.86. The molecule has 0 bridgehead atoms. The van der Waals surface area contributed by atoms with Crippen LogP contribution in [0, 0.1) is 0 Å². The zero-order chi connectivity index (χ0) is 17.1. The van der Waals surface area contributed by atoms with Crippen LogP contribution in [-0.2, 0) is 11.1 Å². The molecule has 0 aromatic carbocycles. The maximum Gasteiger partial charge on any atom is 0.394 e. The summed E-state index contributed by atoms with van der Waals surface area (Å²) in [5.41, 5.74) is -3.58. The molecule has 0 saturated heterocycles. The molecule has 0 saturated carbocycles. The molecule has 0 spiro atoms. The van der Waals surface area contributed by atoms with Gasteiger partial charge in [0.05, 0.1) is 12.7 Å². The highest BCUT2D eigenvalue weighted by Crippen LogP contribution is 2.55. The Morgan fingerprint density at radius 1 is 1.22 bits per heavy atom. The number of hydrogen-bond donors (Lipinski definition) is 3. The minimum absolute atomic E-state index is 0.0285. The number of nitrogens with one attached hydrogen (secondary N) is 1. The smallest absolute Gasteiger partial charge is 0.320 e. The van der Waals surface area contributed by atoms with E-state index in [1.807, 2.05) is 0 Å². The second-order valence-corrected chi connectivity index (χ2v) is 6.96. The normalized spacial score (nSPS) is 12.9. The number of halogens is 2. The molecule has 0 aliphatic heterocycles. The van der Waals surface area contributed by atoms with Gasteiger partial charge < -0.3 is 19.3 Å². The number of hydrogen-bond acceptors (Lipinski definition) is 4. The fraction of sp³-hybridized carbons (Fsp3) is 0.583. The Hall–Kier alpha value is -1.64. The van der Waals surface area contributed by atoms with Gasteiger partial charge in [0, 0.05) is 13.0 Å². The molecule has 11 heteroatoms. The monoisotopic (exact) mass is 350 g/mol. The van der Waals surface area contributed by atoms with E-state index in [2.05, 4.69) is 15.0 Å². The maximum atomic E-state index is 13.1. The third-order valence-electron chi connectivity index (χ3n) is 3.46. The first-order valence-electron chi connectivity index (χ1n) is 7.04. The predicted molar refractivity (Wildman–Crippen MR) is 78.2 cm³/mol. The molecule has 2 aromatic rings. The summed E-state index contributed by atoms with van der Waals surface area (Å²) in [7, 11) is -5.38. The highest BCUT2D eigenvalue weighted by molar-refractivity contribution is 7.53. The highest BCUT2D eigenvalue weighted by atomic mass is 31.2. The fourth-order valence-corrected chi connectivity index (χ4v) is 2.62. The Balaban J connectivity index is 1.77. The van der Waals surface area contributed by atoms with E-state index >= 15 is 0 Å². The standard InChI is InChI=1S/C12H17F2N4O4P/c13-12(14,23(20,21)22)5-3-1-2-4-6-18-8-17-9-10(18)15-7-16-11(9)19/h7-8H,1-6H2,(H,15,16,19)(H2,20,21,22). The van der Waals surface area contributed by atoms with Crippen LogP contribution in [0.2, 0.25) is 0 Å². The zero-order valence-electron chi connectivity index (χ0n) is 12.2. The van der Waals surface area contributed by atoms with E-state index in [-0.39, 0.29) is 17.5 Å². The molecular formula is C12H17F2N4O4P. The van der Waals surface area contributed by atoms with Crippen LogP contribution in [0.3, 0.4) is 0 Å². The van der Waals surface area contributed by atoms with Crippen LogP contribution in [0.5, 0.6) is 0 Å². The van der Waals surface area contributed by atoms with Gasteiger partial charge in [0.1, 0.15) is 0 Å². The summed E-state index contributed by atoms with van der Waals surface area (Å²) in [6.07, 6.45) is 3.67. The van der Waals surface area contributed by atoms with Crippen molar-refractivity contribution in [1.82, 2.24) is 19.5 Å². The van der Waals surface area contributed by atoms with Crippen molar-refractivity contribution in [2.45, 2.75) is 44.3 Å². The lowest BCUT2D eigenvalue weighted by Gasteiger charge is -2.17. The van der Waals surface area contributed by atoms with Crippen LogP contribution >= 0.6 is 7.60 Å². The van der Waals surface area contributed by atoms with Crippen molar-refractivity contribution in [3.05, 3.63) is 23.0 Å². The van der Waals surface area contributed by atoms with E-state index in [4.69, 9.17) is 9.79 Å². The van der Waals surface area contributed by atoms with E-state index in [0.29, 0.717) is 31.5 Å². The van der Waals surface area contributed by atoms with Crippen LogP contribution in [0.4, 0.5) is 8.78 Å². The SMILES string of the molecule is O=c1[nH]cnc2c1ncn2CCCCCCC(F)(F)P(=O)(O)O. The zero-order valence-corrected chi connectivity index (χ0v) is 13.0. The highest BCUT2D eigenvalue weighted by Gasteiger charge is 2.47. The van der Waals surface area contributed by atoms with E-state index < -0.39 is 19.7 Å². The van der Waals surface area contributed by atoms with Crippen molar-refractivity contribution in [3.63, 3.8) is 0 Å². The van der Waals surface area contributed by atoms with Crippen molar-refractivity contribution in [1.29, 1.82) is 0 Å². The Bertz CT molecular complexity index is 770. The third-order valence-corrected chi connectivity index (χ3v) is 4.54. The molecule has 0 aliphatic rings. The molecule has 2 rings (SSSR count). The van der Waals surface area contributed by atoms with E-state index in [9.17, 15) is 18.1 Å². The van der Waals surface area contributed by atoms with Gasteiger partial charge in [0.2, 0.25) is 0 Å². The van der Waals surface area contributed by atoms with Gasteiger partial charge in [0.25, 0.3) is 5.56 Å². The van der Waals surface area contributed by atoms with Crippen molar-refractivity contribution in [3.8, 4) is 0 Å². The van der Waals surface area contributed by atoms with Crippen molar-refractivity contribution >= 4 is 18.8 Å². The minimum Gasteiger partial charge on any atom is -0.320 e. The van der Waals surface area contributed by atoms with E-state index in [1.165, 1.54) is 12.7 Å². The summed E-state index contributed by atoms with van der Waals surface area (Å²) in [5.74, 6) is 0. The second-order valence-electron chi connectivity index (χ2n) is 5.22. The molecule has 128 valence electrons. The number of rotatable bonds is 8. The van der Waals surface area contributed by atoms with Crippen LogP contribution in [0.1, 0.15) is 32.1 Å².